The zero-order valence-electron chi connectivity index (χ0n) is 24.2. The standard InChI is InChI=1S/C32H35ClF3N5O3/c33-28-19-25(7-8-27(28)29(42)40-20-26(21-40)41-14-4-13-37-41)38-15-9-22(10-16-38)23-11-17-39(18-12-23)30(43)31(44,32(34,35)36)24-5-2-1-3-6-24/h1-8,13-14,19,22-23,26,44H,9-12,15-18,20-21H2. The van der Waals surface area contributed by atoms with Gasteiger partial charge in [0.2, 0.25) is 0 Å². The molecule has 8 nitrogen and oxygen atoms in total. The average molecular weight is 630 g/mol. The average Bonchev–Trinajstić information content (AvgIpc) is 3.54. The molecule has 3 aliphatic rings. The van der Waals surface area contributed by atoms with Gasteiger partial charge in [0.25, 0.3) is 17.4 Å². The Morgan fingerprint density at radius 1 is 0.864 bits per heavy atom. The van der Waals surface area contributed by atoms with Crippen LogP contribution in [-0.4, -0.2) is 81.9 Å². The van der Waals surface area contributed by atoms with Crippen LogP contribution in [0.1, 0.15) is 47.6 Å². The Morgan fingerprint density at radius 2 is 1.50 bits per heavy atom. The predicted molar refractivity (Wildman–Crippen MR) is 159 cm³/mol. The summed E-state index contributed by atoms with van der Waals surface area (Å²) >= 11 is 6.58. The lowest BCUT2D eigenvalue weighted by atomic mass is 9.78. The third-order valence-corrected chi connectivity index (χ3v) is 9.85. The lowest BCUT2D eigenvalue weighted by Crippen LogP contribution is -2.57. The van der Waals surface area contributed by atoms with Gasteiger partial charge in [-0.1, -0.05) is 41.9 Å². The number of rotatable bonds is 6. The molecular formula is C32H35ClF3N5O3. The number of carbonyl (C=O) groups is 2. The minimum Gasteiger partial charge on any atom is -0.371 e. The molecule has 3 aliphatic heterocycles. The molecular weight excluding hydrogens is 595 g/mol. The van der Waals surface area contributed by atoms with Crippen LogP contribution >= 0.6 is 11.6 Å². The van der Waals surface area contributed by atoms with Crippen molar-refractivity contribution in [3.63, 3.8) is 0 Å². The van der Waals surface area contributed by atoms with E-state index in [9.17, 15) is 27.9 Å². The zero-order valence-corrected chi connectivity index (χ0v) is 24.9. The van der Waals surface area contributed by atoms with Crippen molar-refractivity contribution in [2.24, 2.45) is 11.8 Å². The van der Waals surface area contributed by atoms with E-state index < -0.39 is 23.2 Å². The second kappa shape index (κ2) is 12.1. The fourth-order valence-electron chi connectivity index (χ4n) is 6.85. The quantitative estimate of drug-likeness (QED) is 0.409. The minimum absolute atomic E-state index is 0.0917. The highest BCUT2D eigenvalue weighted by Crippen LogP contribution is 2.42. The molecule has 0 spiro atoms. The van der Waals surface area contributed by atoms with Gasteiger partial charge in [-0.25, -0.2) is 0 Å². The summed E-state index contributed by atoms with van der Waals surface area (Å²) in [6.45, 7) is 3.14. The molecule has 1 unspecified atom stereocenters. The first-order chi connectivity index (χ1) is 21.1. The molecule has 12 heteroatoms. The van der Waals surface area contributed by atoms with Gasteiger partial charge in [-0.3, -0.25) is 14.3 Å². The zero-order chi connectivity index (χ0) is 31.1. The highest BCUT2D eigenvalue weighted by molar-refractivity contribution is 6.34. The number of aliphatic hydroxyl groups is 1. The summed E-state index contributed by atoms with van der Waals surface area (Å²) in [7, 11) is 0. The number of anilines is 1. The number of hydrogen-bond donors (Lipinski definition) is 1. The van der Waals surface area contributed by atoms with Crippen molar-refractivity contribution in [2.45, 2.75) is 43.5 Å². The molecule has 3 fully saturated rings. The molecule has 44 heavy (non-hydrogen) atoms. The summed E-state index contributed by atoms with van der Waals surface area (Å²) < 4.78 is 43.9. The van der Waals surface area contributed by atoms with Crippen LogP contribution in [0.3, 0.4) is 0 Å². The van der Waals surface area contributed by atoms with Crippen LogP contribution in [-0.2, 0) is 10.4 Å². The Morgan fingerprint density at radius 3 is 2.07 bits per heavy atom. The number of carbonyl (C=O) groups excluding carboxylic acids is 2. The SMILES string of the molecule is O=C(c1ccc(N2CCC(C3CCN(C(=O)C(O)(c4ccccc4)C(F)(F)F)CC3)CC2)cc1Cl)N1CC(n2cccn2)C1. The lowest BCUT2D eigenvalue weighted by Gasteiger charge is -2.42. The number of alkyl halides is 3. The van der Waals surface area contributed by atoms with Gasteiger partial charge in [-0.15, -0.1) is 0 Å². The molecule has 0 saturated carbocycles. The first-order valence-corrected chi connectivity index (χ1v) is 15.4. The van der Waals surface area contributed by atoms with Gasteiger partial charge in [0.15, 0.2) is 0 Å². The number of hydrogen-bond acceptors (Lipinski definition) is 5. The van der Waals surface area contributed by atoms with E-state index in [0.29, 0.717) is 48.4 Å². The molecule has 2 aromatic carbocycles. The monoisotopic (exact) mass is 629 g/mol. The van der Waals surface area contributed by atoms with E-state index in [2.05, 4.69) is 10.00 Å². The third kappa shape index (κ3) is 5.67. The summed E-state index contributed by atoms with van der Waals surface area (Å²) in [6, 6.07) is 14.2. The van der Waals surface area contributed by atoms with Crippen LogP contribution in [0.2, 0.25) is 5.02 Å². The summed E-state index contributed by atoms with van der Waals surface area (Å²) in [5.41, 5.74) is -2.60. The minimum atomic E-state index is -5.14. The topological polar surface area (TPSA) is 81.9 Å². The molecule has 3 saturated heterocycles. The smallest absolute Gasteiger partial charge is 0.371 e. The maximum atomic E-state index is 14.0. The fourth-order valence-corrected chi connectivity index (χ4v) is 7.10. The van der Waals surface area contributed by atoms with Crippen molar-refractivity contribution in [3.8, 4) is 0 Å². The maximum absolute atomic E-state index is 14.0. The first-order valence-electron chi connectivity index (χ1n) is 15.0. The highest BCUT2D eigenvalue weighted by atomic mass is 35.5. The summed E-state index contributed by atoms with van der Waals surface area (Å²) in [5.74, 6) is -0.715. The van der Waals surface area contributed by atoms with E-state index in [1.165, 1.54) is 12.1 Å². The van der Waals surface area contributed by atoms with Gasteiger partial charge < -0.3 is 19.8 Å². The second-order valence-electron chi connectivity index (χ2n) is 12.0. The van der Waals surface area contributed by atoms with Crippen molar-refractivity contribution in [1.82, 2.24) is 19.6 Å². The summed E-state index contributed by atoms with van der Waals surface area (Å²) in [5, 5.41) is 15.4. The molecule has 3 aromatic rings. The number of amides is 2. The molecule has 6 rings (SSSR count). The Hall–Kier alpha value is -3.57. The van der Waals surface area contributed by atoms with Crippen molar-refractivity contribution >= 4 is 29.1 Å². The Bertz CT molecular complexity index is 1470. The number of halogens is 4. The fraction of sp³-hybridized carbons (Fsp3) is 0.469. The van der Waals surface area contributed by atoms with Crippen LogP contribution in [0, 0.1) is 11.8 Å². The van der Waals surface area contributed by atoms with Gasteiger partial charge >= 0.3 is 6.18 Å². The van der Waals surface area contributed by atoms with Crippen molar-refractivity contribution in [2.75, 3.05) is 44.2 Å². The molecule has 234 valence electrons. The predicted octanol–water partition coefficient (Wildman–Crippen LogP) is 5.14. The molecule has 0 radical (unpaired) electrons. The Labute approximate surface area is 259 Å². The normalized spacial score (nSPS) is 20.3. The van der Waals surface area contributed by atoms with Crippen molar-refractivity contribution < 1.29 is 27.9 Å². The van der Waals surface area contributed by atoms with Crippen molar-refractivity contribution in [1.29, 1.82) is 0 Å². The maximum Gasteiger partial charge on any atom is 0.430 e. The molecule has 1 atom stereocenters. The molecule has 0 bridgehead atoms. The van der Waals surface area contributed by atoms with E-state index in [1.54, 1.807) is 23.2 Å². The Kier molecular flexibility index (Phi) is 8.36. The van der Waals surface area contributed by atoms with E-state index in [0.717, 1.165) is 48.7 Å². The largest absolute Gasteiger partial charge is 0.430 e. The van der Waals surface area contributed by atoms with Crippen LogP contribution in [0.5, 0.6) is 0 Å². The third-order valence-electron chi connectivity index (χ3n) is 9.54. The van der Waals surface area contributed by atoms with Crippen LogP contribution in [0.4, 0.5) is 18.9 Å². The number of piperidine rings is 2. The molecule has 1 N–H and O–H groups in total. The number of benzene rings is 2. The van der Waals surface area contributed by atoms with E-state index in [1.807, 2.05) is 29.1 Å². The van der Waals surface area contributed by atoms with Gasteiger partial charge in [-0.2, -0.15) is 18.3 Å². The van der Waals surface area contributed by atoms with Crippen LogP contribution < -0.4 is 4.90 Å². The van der Waals surface area contributed by atoms with Crippen molar-refractivity contribution in [3.05, 3.63) is 83.1 Å². The van der Waals surface area contributed by atoms with Gasteiger partial charge in [0, 0.05) is 62.9 Å². The first kappa shape index (κ1) is 30.5. The van der Waals surface area contributed by atoms with E-state index in [4.69, 9.17) is 11.6 Å². The second-order valence-corrected chi connectivity index (χ2v) is 12.4. The number of likely N-dealkylation sites (tertiary alicyclic amines) is 2. The summed E-state index contributed by atoms with van der Waals surface area (Å²) in [6.07, 6.45) is 1.50. The van der Waals surface area contributed by atoms with E-state index >= 15 is 0 Å². The Balaban J connectivity index is 1.01. The molecule has 0 aliphatic carbocycles. The van der Waals surface area contributed by atoms with Crippen LogP contribution in [0.25, 0.3) is 0 Å². The van der Waals surface area contributed by atoms with Crippen LogP contribution in [0.15, 0.2) is 67.0 Å². The lowest BCUT2D eigenvalue weighted by molar-refractivity contribution is -0.262. The number of aromatic nitrogens is 2. The molecule has 1 aromatic heterocycles. The molecule has 2 amide bonds. The summed E-state index contributed by atoms with van der Waals surface area (Å²) in [4.78, 5) is 31.3. The van der Waals surface area contributed by atoms with Gasteiger partial charge in [0.05, 0.1) is 16.6 Å². The highest BCUT2D eigenvalue weighted by Gasteiger charge is 2.62. The number of nitrogens with zero attached hydrogens (tertiary/aromatic N) is 5. The molecule has 4 heterocycles. The van der Waals surface area contributed by atoms with Gasteiger partial charge in [0.1, 0.15) is 0 Å². The van der Waals surface area contributed by atoms with E-state index in [-0.39, 0.29) is 25.0 Å². The van der Waals surface area contributed by atoms with Gasteiger partial charge in [-0.05, 0) is 61.8 Å².